The molecule has 5 nitrogen and oxygen atoms in total. The van der Waals surface area contributed by atoms with E-state index in [9.17, 15) is 9.59 Å². The van der Waals surface area contributed by atoms with E-state index >= 15 is 0 Å². The van der Waals surface area contributed by atoms with Crippen LogP contribution in [0, 0.1) is 4.77 Å². The Morgan fingerprint density at radius 1 is 1.27 bits per heavy atom. The summed E-state index contributed by atoms with van der Waals surface area (Å²) in [4.78, 5) is 28.0. The highest BCUT2D eigenvalue weighted by molar-refractivity contribution is 7.71. The number of nitrogens with one attached hydrogen (secondary N) is 2. The minimum absolute atomic E-state index is 0.159. The number of aromatic amines is 1. The fraction of sp³-hybridized carbons (Fsp3) is 0.211. The number of nitrogens with zero attached hydrogens (tertiary/aromatic N) is 1. The maximum absolute atomic E-state index is 12.6. The van der Waals surface area contributed by atoms with E-state index in [1.807, 2.05) is 26.0 Å². The molecule has 1 aromatic heterocycles. The summed E-state index contributed by atoms with van der Waals surface area (Å²) in [5.41, 5.74) is 1.80. The van der Waals surface area contributed by atoms with Crippen LogP contribution in [0.5, 0.6) is 0 Å². The lowest BCUT2D eigenvalue weighted by atomic mass is 10.1. The molecule has 0 fully saturated rings. The standard InChI is InChI=1S/C19H18ClN3O2S/c1-3-23-18(25)15-9-6-13(10-16(15)22-19(23)26)17(24)21-11(2)12-4-7-14(20)8-5-12/h4-11H,3H2,1-2H3,(H,21,24)(H,22,26). The molecular weight excluding hydrogens is 370 g/mol. The normalized spacial score (nSPS) is 12.1. The van der Waals surface area contributed by atoms with E-state index in [1.165, 1.54) is 4.57 Å². The average molecular weight is 388 g/mol. The molecule has 0 aliphatic heterocycles. The number of amides is 1. The maximum Gasteiger partial charge on any atom is 0.262 e. The Hall–Kier alpha value is -2.44. The van der Waals surface area contributed by atoms with Gasteiger partial charge in [0, 0.05) is 17.1 Å². The zero-order chi connectivity index (χ0) is 18.8. The second-order valence-electron chi connectivity index (χ2n) is 5.99. The van der Waals surface area contributed by atoms with Gasteiger partial charge in [-0.2, -0.15) is 0 Å². The molecule has 26 heavy (non-hydrogen) atoms. The number of H-pyrrole nitrogens is 1. The van der Waals surface area contributed by atoms with E-state index in [4.69, 9.17) is 23.8 Å². The van der Waals surface area contributed by atoms with Crippen LogP contribution < -0.4 is 10.9 Å². The number of benzene rings is 2. The third-order valence-corrected chi connectivity index (χ3v) is 4.85. The summed E-state index contributed by atoms with van der Waals surface area (Å²) in [5, 5.41) is 4.09. The van der Waals surface area contributed by atoms with Gasteiger partial charge in [-0.1, -0.05) is 23.7 Å². The van der Waals surface area contributed by atoms with Gasteiger partial charge in [0.2, 0.25) is 0 Å². The molecule has 2 N–H and O–H groups in total. The Bertz CT molecular complexity index is 1090. The number of fused-ring (bicyclic) bond motifs is 1. The van der Waals surface area contributed by atoms with Gasteiger partial charge >= 0.3 is 0 Å². The van der Waals surface area contributed by atoms with E-state index in [1.54, 1.807) is 30.3 Å². The van der Waals surface area contributed by atoms with Crippen LogP contribution >= 0.6 is 23.8 Å². The van der Waals surface area contributed by atoms with Gasteiger partial charge in [-0.3, -0.25) is 14.2 Å². The number of halogens is 1. The number of hydrogen-bond acceptors (Lipinski definition) is 3. The molecule has 1 atom stereocenters. The summed E-state index contributed by atoms with van der Waals surface area (Å²) in [7, 11) is 0. The van der Waals surface area contributed by atoms with Crippen molar-refractivity contribution < 1.29 is 4.79 Å². The lowest BCUT2D eigenvalue weighted by Crippen LogP contribution is -2.27. The summed E-state index contributed by atoms with van der Waals surface area (Å²) >= 11 is 11.1. The topological polar surface area (TPSA) is 66.9 Å². The van der Waals surface area contributed by atoms with Gasteiger partial charge in [0.25, 0.3) is 11.5 Å². The summed E-state index contributed by atoms with van der Waals surface area (Å²) in [6.45, 7) is 4.25. The SMILES string of the molecule is CCn1c(=S)[nH]c2cc(C(=O)NC(C)c3ccc(Cl)cc3)ccc2c1=O. The van der Waals surface area contributed by atoms with Gasteiger partial charge in [0.05, 0.1) is 16.9 Å². The predicted octanol–water partition coefficient (Wildman–Crippen LogP) is 4.22. The van der Waals surface area contributed by atoms with Crippen LogP contribution in [0.1, 0.15) is 35.8 Å². The Balaban J connectivity index is 1.90. The van der Waals surface area contributed by atoms with Crippen molar-refractivity contribution in [3.8, 4) is 0 Å². The fourth-order valence-corrected chi connectivity index (χ4v) is 3.25. The van der Waals surface area contributed by atoms with E-state index in [-0.39, 0.29) is 17.5 Å². The molecule has 7 heteroatoms. The van der Waals surface area contributed by atoms with Crippen molar-refractivity contribution in [2.45, 2.75) is 26.4 Å². The van der Waals surface area contributed by atoms with E-state index in [2.05, 4.69) is 10.3 Å². The summed E-state index contributed by atoms with van der Waals surface area (Å²) in [5.74, 6) is -0.228. The van der Waals surface area contributed by atoms with Gasteiger partial charge in [0.15, 0.2) is 4.77 Å². The van der Waals surface area contributed by atoms with Crippen molar-refractivity contribution in [1.29, 1.82) is 0 Å². The third-order valence-electron chi connectivity index (χ3n) is 4.28. The van der Waals surface area contributed by atoms with Gasteiger partial charge in [-0.25, -0.2) is 0 Å². The number of carbonyl (C=O) groups excluding carboxylic acids is 1. The van der Waals surface area contributed by atoms with Crippen molar-refractivity contribution in [2.75, 3.05) is 0 Å². The number of aromatic nitrogens is 2. The lowest BCUT2D eigenvalue weighted by Gasteiger charge is -2.15. The largest absolute Gasteiger partial charge is 0.346 e. The molecule has 0 saturated carbocycles. The van der Waals surface area contributed by atoms with Gasteiger partial charge in [-0.15, -0.1) is 0 Å². The van der Waals surface area contributed by atoms with Gasteiger partial charge in [0.1, 0.15) is 0 Å². The van der Waals surface area contributed by atoms with E-state index in [0.717, 1.165) is 5.56 Å². The molecule has 3 rings (SSSR count). The predicted molar refractivity (Wildman–Crippen MR) is 106 cm³/mol. The molecule has 0 bridgehead atoms. The molecule has 1 amide bonds. The average Bonchev–Trinajstić information content (AvgIpc) is 2.62. The summed E-state index contributed by atoms with van der Waals surface area (Å²) < 4.78 is 1.83. The summed E-state index contributed by atoms with van der Waals surface area (Å²) in [6.07, 6.45) is 0. The number of carbonyl (C=O) groups is 1. The maximum atomic E-state index is 12.6. The van der Waals surface area contributed by atoms with Crippen molar-refractivity contribution >= 4 is 40.6 Å². The highest BCUT2D eigenvalue weighted by atomic mass is 35.5. The van der Waals surface area contributed by atoms with Crippen LogP contribution in [0.3, 0.4) is 0 Å². The first-order chi connectivity index (χ1) is 12.4. The molecule has 0 aliphatic carbocycles. The molecular formula is C19H18ClN3O2S. The highest BCUT2D eigenvalue weighted by Gasteiger charge is 2.13. The van der Waals surface area contributed by atoms with Crippen molar-refractivity contribution in [3.63, 3.8) is 0 Å². The Labute approximate surface area is 160 Å². The molecule has 0 aliphatic rings. The highest BCUT2D eigenvalue weighted by Crippen LogP contribution is 2.17. The van der Waals surface area contributed by atoms with Crippen molar-refractivity contribution in [1.82, 2.24) is 14.9 Å². The second kappa shape index (κ2) is 7.43. The van der Waals surface area contributed by atoms with Crippen molar-refractivity contribution in [2.24, 2.45) is 0 Å². The molecule has 0 spiro atoms. The molecule has 0 radical (unpaired) electrons. The Kier molecular flexibility index (Phi) is 5.25. The molecule has 134 valence electrons. The molecule has 0 saturated heterocycles. The van der Waals surface area contributed by atoms with Crippen LogP contribution in [0.4, 0.5) is 0 Å². The van der Waals surface area contributed by atoms with Gasteiger partial charge < -0.3 is 10.3 Å². The van der Waals surface area contributed by atoms with Gasteiger partial charge in [-0.05, 0) is 62.0 Å². The monoisotopic (exact) mass is 387 g/mol. The Morgan fingerprint density at radius 2 is 1.96 bits per heavy atom. The first-order valence-corrected chi connectivity index (χ1v) is 9.02. The number of rotatable bonds is 4. The minimum atomic E-state index is -0.228. The van der Waals surface area contributed by atoms with Crippen molar-refractivity contribution in [3.05, 3.63) is 73.7 Å². The first-order valence-electron chi connectivity index (χ1n) is 8.24. The van der Waals surface area contributed by atoms with Crippen LogP contribution in [-0.4, -0.2) is 15.5 Å². The van der Waals surface area contributed by atoms with Crippen LogP contribution in [0.15, 0.2) is 47.3 Å². The minimum Gasteiger partial charge on any atom is -0.346 e. The van der Waals surface area contributed by atoms with E-state index in [0.29, 0.717) is 32.8 Å². The van der Waals surface area contributed by atoms with Crippen LogP contribution in [-0.2, 0) is 6.54 Å². The Morgan fingerprint density at radius 3 is 2.62 bits per heavy atom. The lowest BCUT2D eigenvalue weighted by molar-refractivity contribution is 0.0940. The quantitative estimate of drug-likeness (QED) is 0.658. The third kappa shape index (κ3) is 3.57. The first kappa shape index (κ1) is 18.4. The van der Waals surface area contributed by atoms with E-state index < -0.39 is 0 Å². The van der Waals surface area contributed by atoms with Crippen LogP contribution in [0.25, 0.3) is 10.9 Å². The zero-order valence-corrected chi connectivity index (χ0v) is 15.9. The molecule has 3 aromatic rings. The fourth-order valence-electron chi connectivity index (χ4n) is 2.80. The molecule has 1 unspecified atom stereocenters. The van der Waals surface area contributed by atoms with Crippen LogP contribution in [0.2, 0.25) is 5.02 Å². The summed E-state index contributed by atoms with van der Waals surface area (Å²) in [6, 6.07) is 12.1. The molecule has 2 aromatic carbocycles. The zero-order valence-electron chi connectivity index (χ0n) is 14.4. The second-order valence-corrected chi connectivity index (χ2v) is 6.81. The number of hydrogen-bond donors (Lipinski definition) is 2. The molecule has 1 heterocycles. The smallest absolute Gasteiger partial charge is 0.262 e.